The number of likely N-dealkylation sites (tertiary alicyclic amines) is 2. The third-order valence-corrected chi connectivity index (χ3v) is 9.22. The number of methoxy groups -OCH3 is 4. The van der Waals surface area contributed by atoms with Crippen molar-refractivity contribution in [3.05, 3.63) is 81.8 Å². The van der Waals surface area contributed by atoms with Crippen LogP contribution in [0.25, 0.3) is 33.6 Å². The van der Waals surface area contributed by atoms with Crippen LogP contribution in [0.4, 0.5) is 0 Å². The van der Waals surface area contributed by atoms with Crippen molar-refractivity contribution in [3.63, 3.8) is 0 Å². The molecular formula is C34H36Cl2N4O4. The highest BCUT2D eigenvalue weighted by atomic mass is 35.5. The maximum atomic E-state index is 7.08. The number of hydrogen-bond donors (Lipinski definition) is 0. The fraction of sp³-hybridized carbons (Fsp3) is 0.353. The number of benzene rings is 2. The Hall–Kier alpha value is -3.24. The van der Waals surface area contributed by atoms with Crippen LogP contribution in [0.3, 0.4) is 0 Å². The van der Waals surface area contributed by atoms with E-state index in [1.165, 1.54) is 0 Å². The second-order valence-corrected chi connectivity index (χ2v) is 11.9. The minimum absolute atomic E-state index is 0.289. The zero-order valence-corrected chi connectivity index (χ0v) is 26.9. The van der Waals surface area contributed by atoms with E-state index in [0.717, 1.165) is 84.0 Å². The van der Waals surface area contributed by atoms with E-state index in [1.54, 1.807) is 28.4 Å². The summed E-state index contributed by atoms with van der Waals surface area (Å²) in [4.78, 5) is 14.3. The molecule has 6 rings (SSSR count). The first-order valence-electron chi connectivity index (χ1n) is 14.6. The molecule has 2 aliphatic rings. The number of aromatic nitrogens is 2. The fourth-order valence-electron chi connectivity index (χ4n) is 5.79. The fourth-order valence-corrected chi connectivity index (χ4v) is 6.44. The maximum absolute atomic E-state index is 7.08. The van der Waals surface area contributed by atoms with E-state index in [1.807, 2.05) is 48.5 Å². The Bertz CT molecular complexity index is 1520. The average molecular weight is 636 g/mol. The van der Waals surface area contributed by atoms with Crippen molar-refractivity contribution in [2.45, 2.75) is 25.3 Å². The first-order valence-corrected chi connectivity index (χ1v) is 15.3. The molecule has 2 saturated heterocycles. The predicted octanol–water partition coefficient (Wildman–Crippen LogP) is 6.46. The lowest BCUT2D eigenvalue weighted by Crippen LogP contribution is -2.50. The van der Waals surface area contributed by atoms with Gasteiger partial charge in [0.2, 0.25) is 11.8 Å². The molecule has 0 atom stereocenters. The number of ether oxygens (including phenoxy) is 4. The van der Waals surface area contributed by atoms with Crippen LogP contribution in [0.1, 0.15) is 11.1 Å². The normalized spacial score (nSPS) is 16.0. The van der Waals surface area contributed by atoms with E-state index in [-0.39, 0.29) is 12.2 Å². The van der Waals surface area contributed by atoms with E-state index in [2.05, 4.69) is 21.9 Å². The van der Waals surface area contributed by atoms with E-state index < -0.39 is 0 Å². The van der Waals surface area contributed by atoms with Crippen LogP contribution in [-0.4, -0.2) is 86.6 Å². The lowest BCUT2D eigenvalue weighted by molar-refractivity contribution is -0.0337. The molecule has 0 bridgehead atoms. The van der Waals surface area contributed by atoms with E-state index in [0.29, 0.717) is 21.8 Å². The molecule has 0 saturated carbocycles. The van der Waals surface area contributed by atoms with Gasteiger partial charge in [-0.05, 0) is 12.1 Å². The minimum Gasteiger partial charge on any atom is -0.481 e. The van der Waals surface area contributed by atoms with Gasteiger partial charge in [-0.25, -0.2) is 9.97 Å². The molecule has 0 aliphatic carbocycles. The number of rotatable bonds is 11. The molecule has 0 spiro atoms. The summed E-state index contributed by atoms with van der Waals surface area (Å²) in [6, 6.07) is 19.9. The van der Waals surface area contributed by atoms with Crippen LogP contribution in [0.5, 0.6) is 11.8 Å². The van der Waals surface area contributed by atoms with Gasteiger partial charge in [-0.3, -0.25) is 9.80 Å². The van der Waals surface area contributed by atoms with Gasteiger partial charge in [-0.1, -0.05) is 71.7 Å². The lowest BCUT2D eigenvalue weighted by atomic mass is 9.98. The van der Waals surface area contributed by atoms with Gasteiger partial charge in [-0.2, -0.15) is 0 Å². The van der Waals surface area contributed by atoms with Crippen LogP contribution in [0, 0.1) is 0 Å². The Kier molecular flexibility index (Phi) is 9.37. The number of nitrogens with zero attached hydrogens (tertiary/aromatic N) is 4. The molecule has 4 aromatic rings. The van der Waals surface area contributed by atoms with Crippen LogP contribution in [0.15, 0.2) is 60.7 Å². The molecule has 230 valence electrons. The molecule has 2 aromatic heterocycles. The summed E-state index contributed by atoms with van der Waals surface area (Å²) < 4.78 is 22.2. The Morgan fingerprint density at radius 1 is 0.591 bits per heavy atom. The van der Waals surface area contributed by atoms with Gasteiger partial charge >= 0.3 is 0 Å². The molecule has 0 N–H and O–H groups in total. The molecule has 0 radical (unpaired) electrons. The molecule has 10 heteroatoms. The van der Waals surface area contributed by atoms with Crippen molar-refractivity contribution >= 4 is 23.2 Å². The average Bonchev–Trinajstić information content (AvgIpc) is 3.01. The van der Waals surface area contributed by atoms with Crippen LogP contribution >= 0.6 is 23.2 Å². The Balaban J connectivity index is 1.27. The van der Waals surface area contributed by atoms with Crippen molar-refractivity contribution in [1.29, 1.82) is 0 Å². The van der Waals surface area contributed by atoms with Crippen molar-refractivity contribution < 1.29 is 18.9 Å². The zero-order chi connectivity index (χ0) is 30.8. The third-order valence-electron chi connectivity index (χ3n) is 8.41. The zero-order valence-electron chi connectivity index (χ0n) is 25.3. The van der Waals surface area contributed by atoms with Crippen LogP contribution in [-0.2, 0) is 22.6 Å². The summed E-state index contributed by atoms with van der Waals surface area (Å²) in [5.41, 5.74) is 6.70. The number of halogens is 2. The second-order valence-electron chi connectivity index (χ2n) is 11.2. The number of hydrogen-bond acceptors (Lipinski definition) is 8. The molecule has 4 heterocycles. The van der Waals surface area contributed by atoms with Crippen LogP contribution in [0.2, 0.25) is 10.0 Å². The van der Waals surface area contributed by atoms with Gasteiger partial charge < -0.3 is 18.9 Å². The summed E-state index contributed by atoms with van der Waals surface area (Å²) in [5, 5.41) is 1.12. The molecule has 8 nitrogen and oxygen atoms in total. The Labute approximate surface area is 268 Å². The van der Waals surface area contributed by atoms with Crippen molar-refractivity contribution in [1.82, 2.24) is 19.8 Å². The summed E-state index contributed by atoms with van der Waals surface area (Å²) in [6.45, 7) is 5.09. The largest absolute Gasteiger partial charge is 0.481 e. The van der Waals surface area contributed by atoms with Gasteiger partial charge in [0.15, 0.2) is 0 Å². The molecular weight excluding hydrogens is 599 g/mol. The first-order chi connectivity index (χ1) is 21.4. The van der Waals surface area contributed by atoms with Gasteiger partial charge in [0.25, 0.3) is 0 Å². The molecule has 44 heavy (non-hydrogen) atoms. The summed E-state index contributed by atoms with van der Waals surface area (Å²) in [6.07, 6.45) is 0.578. The highest BCUT2D eigenvalue weighted by Crippen LogP contribution is 2.42. The quantitative estimate of drug-likeness (QED) is 0.186. The van der Waals surface area contributed by atoms with Crippen molar-refractivity contribution in [2.24, 2.45) is 0 Å². The second kappa shape index (κ2) is 13.4. The van der Waals surface area contributed by atoms with Gasteiger partial charge in [-0.15, -0.1) is 0 Å². The topological polar surface area (TPSA) is 69.2 Å². The molecule has 2 fully saturated rings. The first kappa shape index (κ1) is 30.8. The molecule has 0 amide bonds. The summed E-state index contributed by atoms with van der Waals surface area (Å²) in [7, 11) is 6.78. The molecule has 2 aliphatic heterocycles. The van der Waals surface area contributed by atoms with Crippen LogP contribution < -0.4 is 9.47 Å². The lowest BCUT2D eigenvalue weighted by Gasteiger charge is -2.38. The Morgan fingerprint density at radius 3 is 1.34 bits per heavy atom. The van der Waals surface area contributed by atoms with Crippen molar-refractivity contribution in [3.8, 4) is 45.4 Å². The van der Waals surface area contributed by atoms with Crippen molar-refractivity contribution in [2.75, 3.05) is 54.6 Å². The Morgan fingerprint density at radius 2 is 0.977 bits per heavy atom. The SMILES string of the molecule is COc1nc(-c2cccc(-c3cccc(-c4ccc(CN5CC(OC)C5)c(OC)n4)c3Cl)c2Cl)ccc1CN1CC(OC)C1. The number of pyridine rings is 2. The monoisotopic (exact) mass is 634 g/mol. The molecule has 2 aromatic carbocycles. The third kappa shape index (κ3) is 6.15. The van der Waals surface area contributed by atoms with Gasteiger partial charge in [0.05, 0.1) is 47.9 Å². The standard InChI is InChI=1S/C34H36Cl2N4O4/c1-41-23-17-39(18-23)15-21-11-13-29(37-33(21)43-3)27-9-5-7-25(31(27)35)26-8-6-10-28(32(26)36)30-14-12-22(34(38-30)44-4)16-40-19-24(20-40)42-2/h5-14,23-24H,15-20H2,1-4H3. The minimum atomic E-state index is 0.289. The van der Waals surface area contributed by atoms with Gasteiger partial charge in [0, 0.05) is 86.9 Å². The van der Waals surface area contributed by atoms with Gasteiger partial charge in [0.1, 0.15) is 0 Å². The smallest absolute Gasteiger partial charge is 0.218 e. The summed E-state index contributed by atoms with van der Waals surface area (Å²) >= 11 is 14.2. The predicted molar refractivity (Wildman–Crippen MR) is 174 cm³/mol. The van der Waals surface area contributed by atoms with E-state index >= 15 is 0 Å². The highest BCUT2D eigenvalue weighted by molar-refractivity contribution is 6.39. The van der Waals surface area contributed by atoms with E-state index in [4.69, 9.17) is 52.1 Å². The maximum Gasteiger partial charge on any atom is 0.218 e. The molecule has 0 unspecified atom stereocenters. The highest BCUT2D eigenvalue weighted by Gasteiger charge is 2.28. The summed E-state index contributed by atoms with van der Waals surface area (Å²) in [5.74, 6) is 1.17. The van der Waals surface area contributed by atoms with E-state index in [9.17, 15) is 0 Å².